The fraction of sp³-hybridized carbons (Fsp3) is 0.111. The normalized spacial score (nSPS) is 10.5. The molecule has 0 aliphatic rings. The van der Waals surface area contributed by atoms with Gasteiger partial charge in [0.1, 0.15) is 5.03 Å². The summed E-state index contributed by atoms with van der Waals surface area (Å²) in [7, 11) is 0. The Morgan fingerprint density at radius 3 is 2.00 bits per heavy atom. The lowest BCUT2D eigenvalue weighted by Crippen LogP contribution is -1.89. The number of hydrogen-bond acceptors (Lipinski definition) is 3. The zero-order valence-electron chi connectivity index (χ0n) is 11.9. The number of rotatable bonds is 4. The van der Waals surface area contributed by atoms with Crippen molar-refractivity contribution in [3.05, 3.63) is 66.7 Å². The SMILES string of the molecule is CCSc1ccc(-c2ccc(-c3ccccc3)cc2)nn1. The van der Waals surface area contributed by atoms with Crippen LogP contribution in [0.15, 0.2) is 71.8 Å². The van der Waals surface area contributed by atoms with Gasteiger partial charge < -0.3 is 0 Å². The first-order chi connectivity index (χ1) is 10.4. The summed E-state index contributed by atoms with van der Waals surface area (Å²) >= 11 is 1.71. The van der Waals surface area contributed by atoms with E-state index in [1.54, 1.807) is 11.8 Å². The highest BCUT2D eigenvalue weighted by atomic mass is 32.2. The van der Waals surface area contributed by atoms with Gasteiger partial charge >= 0.3 is 0 Å². The van der Waals surface area contributed by atoms with Crippen LogP contribution in [-0.2, 0) is 0 Å². The van der Waals surface area contributed by atoms with Crippen molar-refractivity contribution in [1.82, 2.24) is 10.2 Å². The third kappa shape index (κ3) is 3.31. The summed E-state index contributed by atoms with van der Waals surface area (Å²) in [6.45, 7) is 2.11. The van der Waals surface area contributed by atoms with Gasteiger partial charge in [0, 0.05) is 5.56 Å². The average Bonchev–Trinajstić information content (AvgIpc) is 2.57. The molecule has 3 rings (SSSR count). The van der Waals surface area contributed by atoms with Crippen LogP contribution in [0, 0.1) is 0 Å². The van der Waals surface area contributed by atoms with Crippen LogP contribution in [0.5, 0.6) is 0 Å². The first kappa shape index (κ1) is 13.8. The van der Waals surface area contributed by atoms with Crippen molar-refractivity contribution in [3.63, 3.8) is 0 Å². The maximum absolute atomic E-state index is 4.30. The Morgan fingerprint density at radius 1 is 0.714 bits per heavy atom. The predicted molar refractivity (Wildman–Crippen MR) is 89.3 cm³/mol. The molecule has 0 saturated carbocycles. The molecule has 0 amide bonds. The summed E-state index contributed by atoms with van der Waals surface area (Å²) in [6.07, 6.45) is 0. The fourth-order valence-corrected chi connectivity index (χ4v) is 2.72. The molecule has 1 heterocycles. The Balaban J connectivity index is 1.84. The van der Waals surface area contributed by atoms with Crippen LogP contribution in [0.4, 0.5) is 0 Å². The molecule has 3 heteroatoms. The highest BCUT2D eigenvalue weighted by molar-refractivity contribution is 7.99. The molecule has 0 fully saturated rings. The first-order valence-corrected chi connectivity index (χ1v) is 7.98. The Morgan fingerprint density at radius 2 is 1.38 bits per heavy atom. The van der Waals surface area contributed by atoms with Gasteiger partial charge in [-0.25, -0.2) is 0 Å². The molecule has 2 nitrogen and oxygen atoms in total. The van der Waals surface area contributed by atoms with Crippen LogP contribution < -0.4 is 0 Å². The quantitative estimate of drug-likeness (QED) is 0.638. The summed E-state index contributed by atoms with van der Waals surface area (Å²) in [5, 5.41) is 9.51. The van der Waals surface area contributed by atoms with Gasteiger partial charge in [0.2, 0.25) is 0 Å². The van der Waals surface area contributed by atoms with Gasteiger partial charge in [-0.2, -0.15) is 0 Å². The highest BCUT2D eigenvalue weighted by Gasteiger charge is 2.02. The molecule has 2 aromatic carbocycles. The van der Waals surface area contributed by atoms with Gasteiger partial charge in [0.15, 0.2) is 0 Å². The average molecular weight is 292 g/mol. The van der Waals surface area contributed by atoms with Crippen LogP contribution >= 0.6 is 11.8 Å². The van der Waals surface area contributed by atoms with Crippen LogP contribution in [0.2, 0.25) is 0 Å². The molecule has 0 atom stereocenters. The van der Waals surface area contributed by atoms with Crippen LogP contribution in [0.3, 0.4) is 0 Å². The molecule has 1 aromatic heterocycles. The summed E-state index contributed by atoms with van der Waals surface area (Å²) in [6, 6.07) is 22.9. The Bertz CT molecular complexity index is 692. The molecule has 0 unspecified atom stereocenters. The molecule has 0 aliphatic heterocycles. The van der Waals surface area contributed by atoms with E-state index < -0.39 is 0 Å². The summed E-state index contributed by atoms with van der Waals surface area (Å²) in [5.41, 5.74) is 4.44. The third-order valence-corrected chi connectivity index (χ3v) is 4.02. The van der Waals surface area contributed by atoms with E-state index in [-0.39, 0.29) is 0 Å². The second-order valence-electron chi connectivity index (χ2n) is 4.63. The lowest BCUT2D eigenvalue weighted by atomic mass is 10.0. The zero-order chi connectivity index (χ0) is 14.5. The molecule has 104 valence electrons. The van der Waals surface area contributed by atoms with E-state index in [0.29, 0.717) is 0 Å². The van der Waals surface area contributed by atoms with E-state index in [4.69, 9.17) is 0 Å². The summed E-state index contributed by atoms with van der Waals surface area (Å²) in [4.78, 5) is 0. The number of thioether (sulfide) groups is 1. The van der Waals surface area contributed by atoms with E-state index >= 15 is 0 Å². The molecule has 21 heavy (non-hydrogen) atoms. The number of aromatic nitrogens is 2. The van der Waals surface area contributed by atoms with Gasteiger partial charge in [0.25, 0.3) is 0 Å². The topological polar surface area (TPSA) is 25.8 Å². The monoisotopic (exact) mass is 292 g/mol. The van der Waals surface area contributed by atoms with E-state index in [1.165, 1.54) is 11.1 Å². The van der Waals surface area contributed by atoms with Gasteiger partial charge in [-0.1, -0.05) is 61.5 Å². The van der Waals surface area contributed by atoms with Crippen molar-refractivity contribution in [2.24, 2.45) is 0 Å². The minimum absolute atomic E-state index is 0.912. The molecule has 0 bridgehead atoms. The molecule has 0 aliphatic carbocycles. The molecule has 0 spiro atoms. The van der Waals surface area contributed by atoms with Crippen LogP contribution in [0.25, 0.3) is 22.4 Å². The lowest BCUT2D eigenvalue weighted by Gasteiger charge is -2.04. The second-order valence-corrected chi connectivity index (χ2v) is 5.92. The van der Waals surface area contributed by atoms with Crippen molar-refractivity contribution < 1.29 is 0 Å². The van der Waals surface area contributed by atoms with Crippen molar-refractivity contribution in [3.8, 4) is 22.4 Å². The van der Waals surface area contributed by atoms with Gasteiger partial charge in [-0.3, -0.25) is 0 Å². The number of benzene rings is 2. The van der Waals surface area contributed by atoms with Gasteiger partial charge in [-0.05, 0) is 29.0 Å². The van der Waals surface area contributed by atoms with Gasteiger partial charge in [0.05, 0.1) is 5.69 Å². The largest absolute Gasteiger partial charge is 0.149 e. The standard InChI is InChI=1S/C18H16N2S/c1-2-21-18-13-12-17(19-20-18)16-10-8-15(9-11-16)14-6-4-3-5-7-14/h3-13H,2H2,1H3. The van der Waals surface area contributed by atoms with E-state index in [0.717, 1.165) is 22.0 Å². The smallest absolute Gasteiger partial charge is 0.119 e. The van der Waals surface area contributed by atoms with Crippen molar-refractivity contribution >= 4 is 11.8 Å². The van der Waals surface area contributed by atoms with Crippen molar-refractivity contribution in [1.29, 1.82) is 0 Å². The van der Waals surface area contributed by atoms with E-state index in [2.05, 4.69) is 65.7 Å². The van der Waals surface area contributed by atoms with Crippen molar-refractivity contribution in [2.75, 3.05) is 5.75 Å². The molecule has 0 N–H and O–H groups in total. The molecular formula is C18H16N2S. The number of nitrogens with zero attached hydrogens (tertiary/aromatic N) is 2. The molecule has 3 aromatic rings. The van der Waals surface area contributed by atoms with Crippen LogP contribution in [0.1, 0.15) is 6.92 Å². The van der Waals surface area contributed by atoms with Crippen LogP contribution in [-0.4, -0.2) is 16.0 Å². The summed E-state index contributed by atoms with van der Waals surface area (Å²) < 4.78 is 0. The maximum atomic E-state index is 4.30. The molecule has 0 radical (unpaired) electrons. The first-order valence-electron chi connectivity index (χ1n) is 6.99. The van der Waals surface area contributed by atoms with E-state index in [9.17, 15) is 0 Å². The second kappa shape index (κ2) is 6.55. The highest BCUT2D eigenvalue weighted by Crippen LogP contribution is 2.24. The number of hydrogen-bond donors (Lipinski definition) is 0. The fourth-order valence-electron chi connectivity index (χ4n) is 2.16. The van der Waals surface area contributed by atoms with Crippen molar-refractivity contribution in [2.45, 2.75) is 11.9 Å². The summed E-state index contributed by atoms with van der Waals surface area (Å²) in [5.74, 6) is 1.01. The maximum Gasteiger partial charge on any atom is 0.119 e. The van der Waals surface area contributed by atoms with E-state index in [1.807, 2.05) is 18.2 Å². The Hall–Kier alpha value is -2.13. The molecule has 0 saturated heterocycles. The van der Waals surface area contributed by atoms with Gasteiger partial charge in [-0.15, -0.1) is 22.0 Å². The molecular weight excluding hydrogens is 276 g/mol. The Labute approximate surface area is 129 Å². The minimum Gasteiger partial charge on any atom is -0.149 e. The zero-order valence-corrected chi connectivity index (χ0v) is 12.7. The predicted octanol–water partition coefficient (Wildman–Crippen LogP) is 4.92. The lowest BCUT2D eigenvalue weighted by molar-refractivity contribution is 0.936. The minimum atomic E-state index is 0.912. The Kier molecular flexibility index (Phi) is 4.31. The third-order valence-electron chi connectivity index (χ3n) is 3.22.